The van der Waals surface area contributed by atoms with Crippen LogP contribution in [0.15, 0.2) is 53.7 Å². The number of thioether (sulfide) groups is 1. The molecule has 3 aromatic rings. The highest BCUT2D eigenvalue weighted by atomic mass is 32.2. The first-order chi connectivity index (χ1) is 11.6. The lowest BCUT2D eigenvalue weighted by Gasteiger charge is -2.11. The fourth-order valence-electron chi connectivity index (χ4n) is 2.51. The van der Waals surface area contributed by atoms with E-state index in [-0.39, 0.29) is 11.2 Å². The molecular weight excluding hydrogens is 320 g/mol. The van der Waals surface area contributed by atoms with Crippen molar-refractivity contribution in [2.45, 2.75) is 23.6 Å². The molecule has 0 aliphatic heterocycles. The zero-order valence-corrected chi connectivity index (χ0v) is 14.6. The fourth-order valence-corrected chi connectivity index (χ4v) is 3.34. The van der Waals surface area contributed by atoms with Crippen molar-refractivity contribution in [3.63, 3.8) is 0 Å². The van der Waals surface area contributed by atoms with Crippen LogP contribution in [0.2, 0.25) is 0 Å². The maximum Gasteiger partial charge on any atom is 0.233 e. The van der Waals surface area contributed by atoms with Gasteiger partial charge in [-0.2, -0.15) is 0 Å². The third kappa shape index (κ3) is 3.76. The Morgan fingerprint density at radius 2 is 2.04 bits per heavy atom. The number of carbonyl (C=O) groups excluding carboxylic acids is 1. The minimum absolute atomic E-state index is 0.0180. The summed E-state index contributed by atoms with van der Waals surface area (Å²) < 4.78 is 2.08. The maximum atomic E-state index is 12.2. The minimum atomic E-state index is -0.180. The molecule has 0 unspecified atom stereocenters. The van der Waals surface area contributed by atoms with Crippen molar-refractivity contribution >= 4 is 28.7 Å². The van der Waals surface area contributed by atoms with Crippen molar-refractivity contribution in [2.75, 3.05) is 6.54 Å². The third-order valence-corrected chi connectivity index (χ3v) is 4.88. The second kappa shape index (κ2) is 7.49. The van der Waals surface area contributed by atoms with Gasteiger partial charge in [-0.3, -0.25) is 4.79 Å². The summed E-state index contributed by atoms with van der Waals surface area (Å²) in [7, 11) is 2.01. The lowest BCUT2D eigenvalue weighted by atomic mass is 10.3. The number of amides is 1. The number of aryl methyl sites for hydroxylation is 1. The minimum Gasteiger partial charge on any atom is -0.355 e. The Bertz CT molecular complexity index is 831. The number of nitrogens with zero attached hydrogens (tertiary/aromatic N) is 3. The summed E-state index contributed by atoms with van der Waals surface area (Å²) in [5.74, 6) is 0.992. The molecule has 0 aliphatic rings. The van der Waals surface area contributed by atoms with E-state index in [1.54, 1.807) is 6.20 Å². The lowest BCUT2D eigenvalue weighted by Crippen LogP contribution is -2.32. The molecule has 0 fully saturated rings. The van der Waals surface area contributed by atoms with Crippen LogP contribution in [0.25, 0.3) is 11.0 Å². The van der Waals surface area contributed by atoms with Gasteiger partial charge in [-0.25, -0.2) is 9.97 Å². The van der Waals surface area contributed by atoms with Crippen LogP contribution in [0.5, 0.6) is 0 Å². The number of hydrogen-bond acceptors (Lipinski definition) is 4. The molecule has 1 amide bonds. The maximum absolute atomic E-state index is 12.2. The molecule has 124 valence electrons. The molecule has 0 saturated heterocycles. The lowest BCUT2D eigenvalue weighted by molar-refractivity contribution is -0.120. The first-order valence-corrected chi connectivity index (χ1v) is 8.79. The largest absolute Gasteiger partial charge is 0.355 e. The Hall–Kier alpha value is -2.34. The van der Waals surface area contributed by atoms with Gasteiger partial charge in [-0.05, 0) is 31.2 Å². The standard InChI is InChI=1S/C18H20N4OS/c1-13(24-17-9-5-6-11-19-17)18(23)20-12-10-16-21-14-7-3-4-8-15(14)22(16)2/h3-9,11,13H,10,12H2,1-2H3,(H,20,23)/t13-/m0/s1. The van der Waals surface area contributed by atoms with Crippen molar-refractivity contribution in [1.29, 1.82) is 0 Å². The van der Waals surface area contributed by atoms with Gasteiger partial charge in [0.25, 0.3) is 0 Å². The topological polar surface area (TPSA) is 59.8 Å². The molecule has 1 aromatic carbocycles. The number of nitrogens with one attached hydrogen (secondary N) is 1. The van der Waals surface area contributed by atoms with Gasteiger partial charge in [0, 0.05) is 26.2 Å². The van der Waals surface area contributed by atoms with Gasteiger partial charge in [0.2, 0.25) is 5.91 Å². The molecule has 0 aliphatic carbocycles. The molecule has 24 heavy (non-hydrogen) atoms. The van der Waals surface area contributed by atoms with Gasteiger partial charge in [0.05, 0.1) is 21.3 Å². The van der Waals surface area contributed by atoms with E-state index in [4.69, 9.17) is 0 Å². The zero-order chi connectivity index (χ0) is 16.9. The molecule has 0 saturated carbocycles. The van der Waals surface area contributed by atoms with E-state index in [2.05, 4.69) is 25.9 Å². The van der Waals surface area contributed by atoms with Crippen LogP contribution in [-0.4, -0.2) is 32.2 Å². The monoisotopic (exact) mass is 340 g/mol. The number of hydrogen-bond donors (Lipinski definition) is 1. The first kappa shape index (κ1) is 16.5. The van der Waals surface area contributed by atoms with Crippen molar-refractivity contribution in [3.8, 4) is 0 Å². The van der Waals surface area contributed by atoms with Crippen LogP contribution < -0.4 is 5.32 Å². The van der Waals surface area contributed by atoms with Crippen LogP contribution in [0, 0.1) is 0 Å². The van der Waals surface area contributed by atoms with Gasteiger partial charge in [0.15, 0.2) is 0 Å². The van der Waals surface area contributed by atoms with Crippen molar-refractivity contribution < 1.29 is 4.79 Å². The first-order valence-electron chi connectivity index (χ1n) is 7.91. The summed E-state index contributed by atoms with van der Waals surface area (Å²) >= 11 is 1.46. The fraction of sp³-hybridized carbons (Fsp3) is 0.278. The Morgan fingerprint density at radius 3 is 2.79 bits per heavy atom. The molecule has 0 radical (unpaired) electrons. The molecule has 0 spiro atoms. The smallest absolute Gasteiger partial charge is 0.233 e. The number of pyridine rings is 1. The highest BCUT2D eigenvalue weighted by Crippen LogP contribution is 2.20. The van der Waals surface area contributed by atoms with E-state index < -0.39 is 0 Å². The van der Waals surface area contributed by atoms with E-state index in [0.29, 0.717) is 13.0 Å². The summed E-state index contributed by atoms with van der Waals surface area (Å²) in [5, 5.41) is 3.66. The molecule has 0 bridgehead atoms. The van der Waals surface area contributed by atoms with E-state index in [1.807, 2.05) is 50.4 Å². The molecular formula is C18H20N4OS. The molecule has 5 nitrogen and oxygen atoms in total. The van der Waals surface area contributed by atoms with Crippen LogP contribution in [0.4, 0.5) is 0 Å². The molecule has 1 N–H and O–H groups in total. The average Bonchev–Trinajstić information content (AvgIpc) is 2.92. The predicted molar refractivity (Wildman–Crippen MR) is 97.0 cm³/mol. The number of aromatic nitrogens is 3. The van der Waals surface area contributed by atoms with E-state index in [1.165, 1.54) is 11.8 Å². The number of imidazole rings is 1. The van der Waals surface area contributed by atoms with Gasteiger partial charge in [-0.1, -0.05) is 30.0 Å². The molecule has 2 heterocycles. The summed E-state index contributed by atoms with van der Waals surface area (Å²) in [6, 6.07) is 13.7. The Labute approximate surface area is 145 Å². The Balaban J connectivity index is 1.53. The SMILES string of the molecule is C[C@H](Sc1ccccn1)C(=O)NCCc1nc2ccccc2n1C. The average molecular weight is 340 g/mol. The van der Waals surface area contributed by atoms with Crippen molar-refractivity contribution in [3.05, 3.63) is 54.5 Å². The summed E-state index contributed by atoms with van der Waals surface area (Å²) in [6.07, 6.45) is 2.44. The van der Waals surface area contributed by atoms with Gasteiger partial charge in [0.1, 0.15) is 5.82 Å². The summed E-state index contributed by atoms with van der Waals surface area (Å²) in [4.78, 5) is 21.1. The van der Waals surface area contributed by atoms with Gasteiger partial charge >= 0.3 is 0 Å². The quantitative estimate of drug-likeness (QED) is 0.701. The molecule has 3 rings (SSSR count). The van der Waals surface area contributed by atoms with E-state index >= 15 is 0 Å². The normalized spacial score (nSPS) is 12.2. The number of para-hydroxylation sites is 2. The molecule has 2 aromatic heterocycles. The van der Waals surface area contributed by atoms with Crippen LogP contribution in [0.3, 0.4) is 0 Å². The highest BCUT2D eigenvalue weighted by Gasteiger charge is 2.15. The predicted octanol–water partition coefficient (Wildman–Crippen LogP) is 2.81. The van der Waals surface area contributed by atoms with E-state index in [0.717, 1.165) is 21.9 Å². The second-order valence-electron chi connectivity index (χ2n) is 5.54. The van der Waals surface area contributed by atoms with Gasteiger partial charge < -0.3 is 9.88 Å². The summed E-state index contributed by atoms with van der Waals surface area (Å²) in [5.41, 5.74) is 2.10. The number of rotatable bonds is 6. The van der Waals surface area contributed by atoms with Crippen LogP contribution in [0.1, 0.15) is 12.7 Å². The Morgan fingerprint density at radius 1 is 1.25 bits per heavy atom. The number of carbonyl (C=O) groups is 1. The zero-order valence-electron chi connectivity index (χ0n) is 13.8. The van der Waals surface area contributed by atoms with Gasteiger partial charge in [-0.15, -0.1) is 0 Å². The highest BCUT2D eigenvalue weighted by molar-refractivity contribution is 8.00. The van der Waals surface area contributed by atoms with Crippen LogP contribution >= 0.6 is 11.8 Å². The van der Waals surface area contributed by atoms with Crippen molar-refractivity contribution in [1.82, 2.24) is 19.9 Å². The Kier molecular flexibility index (Phi) is 5.15. The molecule has 1 atom stereocenters. The number of benzene rings is 1. The van der Waals surface area contributed by atoms with Crippen molar-refractivity contribution in [2.24, 2.45) is 7.05 Å². The summed E-state index contributed by atoms with van der Waals surface area (Å²) in [6.45, 7) is 2.47. The molecule has 6 heteroatoms. The van der Waals surface area contributed by atoms with Crippen LogP contribution in [-0.2, 0) is 18.3 Å². The second-order valence-corrected chi connectivity index (χ2v) is 6.91. The van der Waals surface area contributed by atoms with E-state index in [9.17, 15) is 4.79 Å². The number of fused-ring (bicyclic) bond motifs is 1. The third-order valence-electron chi connectivity index (χ3n) is 3.83.